The molecule has 0 aliphatic carbocycles. The topological polar surface area (TPSA) is 92.6 Å². The number of halogens is 2. The Morgan fingerprint density at radius 1 is 1.06 bits per heavy atom. The van der Waals surface area contributed by atoms with Gasteiger partial charge in [0.05, 0.1) is 20.7 Å². The maximum Gasteiger partial charge on any atom is 0.269 e. The molecular weight excluding hydrogens is 473 g/mol. The van der Waals surface area contributed by atoms with Crippen LogP contribution >= 0.6 is 35.0 Å². The Morgan fingerprint density at radius 3 is 2.25 bits per heavy atom. The number of carbonyl (C=O) groups excluding carboxylic acids is 2. The molecule has 1 atom stereocenters. The summed E-state index contributed by atoms with van der Waals surface area (Å²) in [6.45, 7) is 5.61. The summed E-state index contributed by atoms with van der Waals surface area (Å²) >= 11 is 13.5. The normalized spacial score (nSPS) is 11.8. The lowest BCUT2D eigenvalue weighted by Gasteiger charge is -2.29. The molecule has 0 aliphatic rings. The second-order valence-electron chi connectivity index (χ2n) is 7.53. The first-order valence-electron chi connectivity index (χ1n) is 9.93. The average molecular weight is 498 g/mol. The van der Waals surface area contributed by atoms with Gasteiger partial charge >= 0.3 is 0 Å². The van der Waals surface area contributed by atoms with Gasteiger partial charge in [-0.2, -0.15) is 0 Å². The Kier molecular flexibility index (Phi) is 9.81. The monoisotopic (exact) mass is 497 g/mol. The fourth-order valence-corrected chi connectivity index (χ4v) is 4.07. The average Bonchev–Trinajstić information content (AvgIpc) is 2.73. The van der Waals surface area contributed by atoms with Gasteiger partial charge in [-0.1, -0.05) is 41.4 Å². The van der Waals surface area contributed by atoms with E-state index in [1.54, 1.807) is 37.3 Å². The molecule has 0 bridgehead atoms. The fourth-order valence-electron chi connectivity index (χ4n) is 2.88. The van der Waals surface area contributed by atoms with E-state index in [2.05, 4.69) is 5.32 Å². The third-order valence-electron chi connectivity index (χ3n) is 4.58. The second kappa shape index (κ2) is 12.1. The van der Waals surface area contributed by atoms with E-state index in [-0.39, 0.29) is 35.8 Å². The summed E-state index contributed by atoms with van der Waals surface area (Å²) in [5, 5.41) is 14.4. The molecule has 32 heavy (non-hydrogen) atoms. The van der Waals surface area contributed by atoms with Gasteiger partial charge in [0.25, 0.3) is 5.69 Å². The van der Waals surface area contributed by atoms with Crippen molar-refractivity contribution >= 4 is 52.5 Å². The van der Waals surface area contributed by atoms with Gasteiger partial charge in [-0.15, -0.1) is 11.8 Å². The Bertz CT molecular complexity index is 970. The number of amides is 2. The Morgan fingerprint density at radius 2 is 1.69 bits per heavy atom. The number of non-ortho nitro benzene ring substituents is 1. The van der Waals surface area contributed by atoms with Gasteiger partial charge in [0, 0.05) is 30.5 Å². The summed E-state index contributed by atoms with van der Waals surface area (Å²) in [6.07, 6.45) is 0. The van der Waals surface area contributed by atoms with Gasteiger partial charge in [-0.3, -0.25) is 19.7 Å². The summed E-state index contributed by atoms with van der Waals surface area (Å²) < 4.78 is 0. The highest BCUT2D eigenvalue weighted by atomic mass is 35.5. The quantitative estimate of drug-likeness (QED) is 0.365. The van der Waals surface area contributed by atoms with Crippen molar-refractivity contribution in [1.82, 2.24) is 10.2 Å². The van der Waals surface area contributed by atoms with Crippen LogP contribution in [-0.4, -0.2) is 39.5 Å². The SMILES string of the molecule is CC(C)NC(=O)C(C)N(Cc1ccc(Cl)c(Cl)c1)C(=O)CSCc1ccc([N+](=O)[O-])cc1. The van der Waals surface area contributed by atoms with Crippen molar-refractivity contribution < 1.29 is 14.5 Å². The maximum atomic E-state index is 13.0. The van der Waals surface area contributed by atoms with E-state index in [1.165, 1.54) is 28.8 Å². The maximum absolute atomic E-state index is 13.0. The van der Waals surface area contributed by atoms with E-state index < -0.39 is 11.0 Å². The molecule has 10 heteroatoms. The minimum absolute atomic E-state index is 0.0209. The third-order valence-corrected chi connectivity index (χ3v) is 6.30. The van der Waals surface area contributed by atoms with E-state index in [9.17, 15) is 19.7 Å². The van der Waals surface area contributed by atoms with Crippen LogP contribution in [0, 0.1) is 10.1 Å². The van der Waals surface area contributed by atoms with Crippen LogP contribution in [0.25, 0.3) is 0 Å². The van der Waals surface area contributed by atoms with Crippen LogP contribution in [0.2, 0.25) is 10.0 Å². The summed E-state index contributed by atoms with van der Waals surface area (Å²) in [7, 11) is 0. The van der Waals surface area contributed by atoms with Crippen molar-refractivity contribution in [3.8, 4) is 0 Å². The Labute approximate surface area is 201 Å². The van der Waals surface area contributed by atoms with Crippen molar-refractivity contribution in [1.29, 1.82) is 0 Å². The molecule has 0 spiro atoms. The number of thioether (sulfide) groups is 1. The van der Waals surface area contributed by atoms with Gasteiger partial charge < -0.3 is 10.2 Å². The number of carbonyl (C=O) groups is 2. The Balaban J connectivity index is 2.08. The lowest BCUT2D eigenvalue weighted by molar-refractivity contribution is -0.384. The first-order valence-corrected chi connectivity index (χ1v) is 11.8. The lowest BCUT2D eigenvalue weighted by Crippen LogP contribution is -2.49. The minimum Gasteiger partial charge on any atom is -0.352 e. The number of nitrogens with one attached hydrogen (secondary N) is 1. The molecule has 7 nitrogen and oxygen atoms in total. The molecular formula is C22H25Cl2N3O4S. The molecule has 0 aliphatic heterocycles. The van der Waals surface area contributed by atoms with E-state index in [0.717, 1.165) is 11.1 Å². The number of benzene rings is 2. The van der Waals surface area contributed by atoms with Crippen LogP contribution in [0.3, 0.4) is 0 Å². The van der Waals surface area contributed by atoms with E-state index in [0.29, 0.717) is 15.8 Å². The number of nitro benzene ring substituents is 1. The molecule has 2 rings (SSSR count). The van der Waals surface area contributed by atoms with Crippen LogP contribution in [0.4, 0.5) is 5.69 Å². The number of hydrogen-bond acceptors (Lipinski definition) is 5. The van der Waals surface area contributed by atoms with Crippen LogP contribution < -0.4 is 5.32 Å². The van der Waals surface area contributed by atoms with Crippen molar-refractivity contribution in [3.63, 3.8) is 0 Å². The molecule has 1 N–H and O–H groups in total. The van der Waals surface area contributed by atoms with Crippen LogP contribution in [0.15, 0.2) is 42.5 Å². The fraction of sp³-hybridized carbons (Fsp3) is 0.364. The highest BCUT2D eigenvalue weighted by molar-refractivity contribution is 7.99. The summed E-state index contributed by atoms with van der Waals surface area (Å²) in [5.41, 5.74) is 1.65. The first kappa shape index (κ1) is 26.0. The zero-order valence-electron chi connectivity index (χ0n) is 18.0. The van der Waals surface area contributed by atoms with Crippen molar-refractivity contribution in [2.24, 2.45) is 0 Å². The molecule has 0 heterocycles. The molecule has 1 unspecified atom stereocenters. The molecule has 172 valence electrons. The molecule has 2 amide bonds. The number of hydrogen-bond donors (Lipinski definition) is 1. The van der Waals surface area contributed by atoms with E-state index >= 15 is 0 Å². The predicted molar refractivity (Wildman–Crippen MR) is 129 cm³/mol. The first-order chi connectivity index (χ1) is 15.1. The van der Waals surface area contributed by atoms with Crippen molar-refractivity contribution in [2.75, 3.05) is 5.75 Å². The van der Waals surface area contributed by atoms with Gasteiger partial charge in [0.2, 0.25) is 11.8 Å². The highest BCUT2D eigenvalue weighted by Crippen LogP contribution is 2.24. The van der Waals surface area contributed by atoms with Crippen LogP contribution in [-0.2, 0) is 21.9 Å². The van der Waals surface area contributed by atoms with E-state index in [4.69, 9.17) is 23.2 Å². The summed E-state index contributed by atoms with van der Waals surface area (Å²) in [4.78, 5) is 37.4. The molecule has 0 radical (unpaired) electrons. The standard InChI is InChI=1S/C22H25Cl2N3O4S/c1-14(2)25-22(29)15(3)26(11-17-6-9-19(23)20(24)10-17)21(28)13-32-12-16-4-7-18(8-5-16)27(30)31/h4-10,14-15H,11-13H2,1-3H3,(H,25,29). The molecule has 0 aromatic heterocycles. The number of nitro groups is 1. The predicted octanol–water partition coefficient (Wildman–Crippen LogP) is 5.08. The summed E-state index contributed by atoms with van der Waals surface area (Å²) in [6, 6.07) is 10.6. The van der Waals surface area contributed by atoms with Crippen molar-refractivity contribution in [2.45, 2.75) is 45.2 Å². The summed E-state index contributed by atoms with van der Waals surface area (Å²) in [5.74, 6) is 0.220. The number of rotatable bonds is 10. The van der Waals surface area contributed by atoms with Crippen LogP contribution in [0.5, 0.6) is 0 Å². The number of nitrogens with zero attached hydrogens (tertiary/aromatic N) is 2. The third kappa shape index (κ3) is 7.69. The van der Waals surface area contributed by atoms with Crippen molar-refractivity contribution in [3.05, 3.63) is 73.8 Å². The van der Waals surface area contributed by atoms with Gasteiger partial charge in [0.15, 0.2) is 0 Å². The second-order valence-corrected chi connectivity index (χ2v) is 9.33. The molecule has 0 fully saturated rings. The van der Waals surface area contributed by atoms with Gasteiger partial charge in [-0.25, -0.2) is 0 Å². The Hall–Kier alpha value is -2.29. The zero-order chi connectivity index (χ0) is 23.8. The zero-order valence-corrected chi connectivity index (χ0v) is 20.3. The van der Waals surface area contributed by atoms with Gasteiger partial charge in [-0.05, 0) is 44.0 Å². The minimum atomic E-state index is -0.681. The molecule has 2 aromatic rings. The molecule has 0 saturated carbocycles. The molecule has 0 saturated heterocycles. The lowest BCUT2D eigenvalue weighted by atomic mass is 10.1. The highest BCUT2D eigenvalue weighted by Gasteiger charge is 2.26. The smallest absolute Gasteiger partial charge is 0.269 e. The largest absolute Gasteiger partial charge is 0.352 e. The molecule has 2 aromatic carbocycles. The van der Waals surface area contributed by atoms with E-state index in [1.807, 2.05) is 13.8 Å². The van der Waals surface area contributed by atoms with Crippen LogP contribution in [0.1, 0.15) is 31.9 Å². The van der Waals surface area contributed by atoms with Gasteiger partial charge in [0.1, 0.15) is 6.04 Å².